The zero-order chi connectivity index (χ0) is 20.1. The fourth-order valence-electron chi connectivity index (χ4n) is 3.30. The van der Waals surface area contributed by atoms with Gasteiger partial charge in [0.05, 0.1) is 17.2 Å². The lowest BCUT2D eigenvalue weighted by Crippen LogP contribution is -2.17. The Labute approximate surface area is 161 Å². The number of rotatable bonds is 4. The molecule has 0 saturated heterocycles. The number of benzene rings is 1. The quantitative estimate of drug-likeness (QED) is 0.614. The second-order valence-corrected chi connectivity index (χ2v) is 7.56. The van der Waals surface area contributed by atoms with Crippen molar-refractivity contribution in [3.63, 3.8) is 0 Å². The summed E-state index contributed by atoms with van der Waals surface area (Å²) >= 11 is 1.30. The van der Waals surface area contributed by atoms with Crippen LogP contribution in [0.3, 0.4) is 0 Å². The predicted molar refractivity (Wildman–Crippen MR) is 96.2 cm³/mol. The van der Waals surface area contributed by atoms with Crippen molar-refractivity contribution in [1.82, 2.24) is 9.38 Å². The molecule has 1 saturated carbocycles. The molecule has 1 aromatic carbocycles. The molecule has 2 aromatic heterocycles. The van der Waals surface area contributed by atoms with Gasteiger partial charge in [-0.25, -0.2) is 4.98 Å². The summed E-state index contributed by atoms with van der Waals surface area (Å²) in [6, 6.07) is 6.57. The molecule has 0 aliphatic heterocycles. The fraction of sp³-hybridized carbons (Fsp3) is 0.316. The zero-order valence-electron chi connectivity index (χ0n) is 14.7. The Hall–Kier alpha value is -2.68. The summed E-state index contributed by atoms with van der Waals surface area (Å²) < 4.78 is 46.1. The van der Waals surface area contributed by atoms with E-state index < -0.39 is 29.5 Å². The number of hydrogen-bond acceptors (Lipinski definition) is 5. The van der Waals surface area contributed by atoms with Gasteiger partial charge in [0.1, 0.15) is 6.61 Å². The van der Waals surface area contributed by atoms with E-state index in [-0.39, 0.29) is 17.7 Å². The molecule has 0 N–H and O–H groups in total. The number of nitrogens with zero attached hydrogens (tertiary/aromatic N) is 2. The molecule has 1 aliphatic carbocycles. The van der Waals surface area contributed by atoms with Crippen LogP contribution in [0.4, 0.5) is 13.2 Å². The van der Waals surface area contributed by atoms with E-state index in [0.29, 0.717) is 17.1 Å². The lowest BCUT2D eigenvalue weighted by atomic mass is 10.0. The summed E-state index contributed by atoms with van der Waals surface area (Å²) in [7, 11) is 0. The number of aromatic nitrogens is 2. The standard InChI is InChI=1S/C19H15F3N2O3S/c1-10-9-28-18-23-11(6-16(25)24(10)18)8-27-17(26)14-7-13(14)12-4-2-3-5-15(12)19(20,21)22/h2-6,9,13-14H,7-8H2,1H3/t13-,14+/m1/s1. The second kappa shape index (κ2) is 6.73. The van der Waals surface area contributed by atoms with Gasteiger partial charge in [-0.05, 0) is 30.9 Å². The molecule has 0 radical (unpaired) electrons. The van der Waals surface area contributed by atoms with Gasteiger partial charge in [0, 0.05) is 17.1 Å². The number of alkyl halides is 3. The molecule has 4 rings (SSSR count). The van der Waals surface area contributed by atoms with E-state index in [1.165, 1.54) is 40.0 Å². The predicted octanol–water partition coefficient (Wildman–Crippen LogP) is 3.93. The average Bonchev–Trinajstić information content (AvgIpc) is 3.36. The summed E-state index contributed by atoms with van der Waals surface area (Å²) in [5, 5.41) is 1.80. The highest BCUT2D eigenvalue weighted by atomic mass is 32.1. The number of aryl methyl sites for hydroxylation is 1. The van der Waals surface area contributed by atoms with Crippen molar-refractivity contribution < 1.29 is 22.7 Å². The minimum Gasteiger partial charge on any atom is -0.459 e. The third kappa shape index (κ3) is 3.42. The van der Waals surface area contributed by atoms with Gasteiger partial charge in [-0.2, -0.15) is 13.2 Å². The highest BCUT2D eigenvalue weighted by molar-refractivity contribution is 7.15. The number of fused-ring (bicyclic) bond motifs is 1. The van der Waals surface area contributed by atoms with E-state index in [1.54, 1.807) is 12.3 Å². The monoisotopic (exact) mass is 408 g/mol. The van der Waals surface area contributed by atoms with E-state index in [0.717, 1.165) is 11.8 Å². The third-order valence-electron chi connectivity index (χ3n) is 4.75. The first-order chi connectivity index (χ1) is 13.3. The topological polar surface area (TPSA) is 60.7 Å². The molecule has 2 heterocycles. The first-order valence-corrected chi connectivity index (χ1v) is 9.43. The van der Waals surface area contributed by atoms with Gasteiger partial charge in [0.25, 0.3) is 5.56 Å². The first kappa shape index (κ1) is 18.7. The Kier molecular flexibility index (Phi) is 4.49. The molecule has 28 heavy (non-hydrogen) atoms. The molecule has 3 aromatic rings. The maximum absolute atomic E-state index is 13.1. The first-order valence-electron chi connectivity index (χ1n) is 8.55. The van der Waals surface area contributed by atoms with Crippen LogP contribution in [0.2, 0.25) is 0 Å². The van der Waals surface area contributed by atoms with Crippen molar-refractivity contribution >= 4 is 22.3 Å². The van der Waals surface area contributed by atoms with Crippen LogP contribution in [0.5, 0.6) is 0 Å². The molecule has 0 bridgehead atoms. The molecular weight excluding hydrogens is 393 g/mol. The van der Waals surface area contributed by atoms with Crippen LogP contribution in [0, 0.1) is 12.8 Å². The Balaban J connectivity index is 1.45. The largest absolute Gasteiger partial charge is 0.459 e. The van der Waals surface area contributed by atoms with E-state index in [4.69, 9.17) is 4.74 Å². The molecule has 146 valence electrons. The van der Waals surface area contributed by atoms with Crippen LogP contribution in [0.25, 0.3) is 4.96 Å². The van der Waals surface area contributed by atoms with E-state index in [1.807, 2.05) is 0 Å². The number of thiazole rings is 1. The fourth-order valence-corrected chi connectivity index (χ4v) is 4.20. The second-order valence-electron chi connectivity index (χ2n) is 6.72. The molecule has 9 heteroatoms. The molecule has 0 amide bonds. The summed E-state index contributed by atoms with van der Waals surface area (Å²) in [6.07, 6.45) is -4.15. The van der Waals surface area contributed by atoms with Gasteiger partial charge in [0.2, 0.25) is 0 Å². The average molecular weight is 408 g/mol. The maximum Gasteiger partial charge on any atom is 0.416 e. The van der Waals surface area contributed by atoms with Crippen LogP contribution in [-0.4, -0.2) is 15.4 Å². The summed E-state index contributed by atoms with van der Waals surface area (Å²) in [4.78, 5) is 29.2. The number of esters is 1. The van der Waals surface area contributed by atoms with Crippen LogP contribution < -0.4 is 5.56 Å². The van der Waals surface area contributed by atoms with E-state index in [9.17, 15) is 22.8 Å². The van der Waals surface area contributed by atoms with Gasteiger partial charge in [-0.3, -0.25) is 14.0 Å². The van der Waals surface area contributed by atoms with Crippen LogP contribution >= 0.6 is 11.3 Å². The van der Waals surface area contributed by atoms with Gasteiger partial charge in [0.15, 0.2) is 4.96 Å². The Morgan fingerprint density at radius 1 is 1.36 bits per heavy atom. The highest BCUT2D eigenvalue weighted by Crippen LogP contribution is 2.51. The number of halogens is 3. The van der Waals surface area contributed by atoms with Crippen molar-refractivity contribution in [1.29, 1.82) is 0 Å². The molecular formula is C19H15F3N2O3S. The summed E-state index contributed by atoms with van der Waals surface area (Å²) in [5.41, 5.74) is 0.212. The van der Waals surface area contributed by atoms with Gasteiger partial charge in [-0.1, -0.05) is 18.2 Å². The Morgan fingerprint density at radius 2 is 2.11 bits per heavy atom. The summed E-state index contributed by atoms with van der Waals surface area (Å²) in [5.74, 6) is -1.70. The van der Waals surface area contributed by atoms with Crippen molar-refractivity contribution in [2.45, 2.75) is 32.0 Å². The normalized spacial score (nSPS) is 19.0. The van der Waals surface area contributed by atoms with Gasteiger partial charge < -0.3 is 4.74 Å². The van der Waals surface area contributed by atoms with Gasteiger partial charge >= 0.3 is 12.1 Å². The minimum absolute atomic E-state index is 0.115. The molecule has 2 atom stereocenters. The zero-order valence-corrected chi connectivity index (χ0v) is 15.5. The van der Waals surface area contributed by atoms with Crippen molar-refractivity contribution in [3.8, 4) is 0 Å². The van der Waals surface area contributed by atoms with Gasteiger partial charge in [-0.15, -0.1) is 11.3 Å². The number of ether oxygens (including phenoxy) is 1. The third-order valence-corrected chi connectivity index (χ3v) is 5.69. The lowest BCUT2D eigenvalue weighted by Gasteiger charge is -2.12. The molecule has 1 fully saturated rings. The number of hydrogen-bond donors (Lipinski definition) is 0. The van der Waals surface area contributed by atoms with Crippen LogP contribution in [0.1, 0.15) is 34.9 Å². The number of carbonyl (C=O) groups excluding carboxylic acids is 1. The molecule has 1 aliphatic rings. The molecule has 0 spiro atoms. The van der Waals surface area contributed by atoms with E-state index in [2.05, 4.69) is 4.98 Å². The van der Waals surface area contributed by atoms with Crippen molar-refractivity contribution in [2.24, 2.45) is 5.92 Å². The van der Waals surface area contributed by atoms with Crippen molar-refractivity contribution in [2.75, 3.05) is 0 Å². The van der Waals surface area contributed by atoms with E-state index >= 15 is 0 Å². The number of carbonyl (C=O) groups is 1. The smallest absolute Gasteiger partial charge is 0.416 e. The lowest BCUT2D eigenvalue weighted by molar-refractivity contribution is -0.147. The Morgan fingerprint density at radius 3 is 2.86 bits per heavy atom. The minimum atomic E-state index is -4.46. The Bertz CT molecular complexity index is 1120. The highest BCUT2D eigenvalue weighted by Gasteiger charge is 2.48. The SMILES string of the molecule is Cc1csc2nc(COC(=O)[C@H]3C[C@@H]3c3ccccc3C(F)(F)F)cc(=O)n12. The van der Waals surface area contributed by atoms with Crippen LogP contribution in [0.15, 0.2) is 40.5 Å². The molecule has 5 nitrogen and oxygen atoms in total. The van der Waals surface area contributed by atoms with Crippen molar-refractivity contribution in [3.05, 3.63) is 68.6 Å². The van der Waals surface area contributed by atoms with Crippen LogP contribution in [-0.2, 0) is 22.3 Å². The molecule has 0 unspecified atom stereocenters. The summed E-state index contributed by atoms with van der Waals surface area (Å²) in [6.45, 7) is 1.60. The maximum atomic E-state index is 13.1.